The molecule has 7 heteroatoms. The third-order valence-electron chi connectivity index (χ3n) is 3.27. The highest BCUT2D eigenvalue weighted by atomic mass is 32.1. The van der Waals surface area contributed by atoms with Crippen molar-refractivity contribution in [2.45, 2.75) is 46.7 Å². The zero-order valence-corrected chi connectivity index (χ0v) is 13.7. The summed E-state index contributed by atoms with van der Waals surface area (Å²) in [5, 5.41) is 18.9. The van der Waals surface area contributed by atoms with Gasteiger partial charge in [-0.1, -0.05) is 0 Å². The number of nitrogens with one attached hydrogen (secondary N) is 1. The third kappa shape index (κ3) is 3.07. The van der Waals surface area contributed by atoms with Gasteiger partial charge in [-0.2, -0.15) is 5.10 Å². The van der Waals surface area contributed by atoms with E-state index in [-0.39, 0.29) is 22.7 Å². The average Bonchev–Trinajstić information content (AvgIpc) is 2.93. The summed E-state index contributed by atoms with van der Waals surface area (Å²) in [4.78, 5) is 13.3. The van der Waals surface area contributed by atoms with Crippen LogP contribution in [0.25, 0.3) is 0 Å². The average molecular weight is 308 g/mol. The predicted octanol–water partition coefficient (Wildman–Crippen LogP) is 4.22. The number of aromatic nitrogens is 2. The molecule has 0 saturated carbocycles. The second-order valence-electron chi connectivity index (χ2n) is 5.39. The molecule has 114 valence electrons. The van der Waals surface area contributed by atoms with Crippen molar-refractivity contribution in [2.75, 3.05) is 5.32 Å². The molecule has 2 rings (SSSR count). The van der Waals surface area contributed by atoms with E-state index < -0.39 is 0 Å². The summed E-state index contributed by atoms with van der Waals surface area (Å²) in [6.07, 6.45) is 0. The van der Waals surface area contributed by atoms with Gasteiger partial charge in [0.15, 0.2) is 0 Å². The van der Waals surface area contributed by atoms with Crippen molar-refractivity contribution in [2.24, 2.45) is 0 Å². The Morgan fingerprint density at radius 3 is 2.48 bits per heavy atom. The fourth-order valence-corrected chi connectivity index (χ4v) is 3.11. The molecule has 1 unspecified atom stereocenters. The van der Waals surface area contributed by atoms with E-state index in [1.807, 2.05) is 33.8 Å². The highest BCUT2D eigenvalue weighted by Crippen LogP contribution is 2.34. The number of anilines is 1. The molecule has 6 nitrogen and oxygen atoms in total. The van der Waals surface area contributed by atoms with Gasteiger partial charge in [0.25, 0.3) is 0 Å². The molecular formula is C14H20N4O2S. The fourth-order valence-electron chi connectivity index (χ4n) is 2.23. The summed E-state index contributed by atoms with van der Waals surface area (Å²) in [5.74, 6) is 0.478. The van der Waals surface area contributed by atoms with Crippen molar-refractivity contribution in [1.29, 1.82) is 0 Å². The van der Waals surface area contributed by atoms with Crippen LogP contribution < -0.4 is 5.32 Å². The first-order chi connectivity index (χ1) is 9.81. The summed E-state index contributed by atoms with van der Waals surface area (Å²) < 4.78 is 1.68. The Balaban J connectivity index is 2.40. The van der Waals surface area contributed by atoms with Crippen LogP contribution in [0.15, 0.2) is 12.1 Å². The van der Waals surface area contributed by atoms with Crippen LogP contribution in [0.4, 0.5) is 11.5 Å². The van der Waals surface area contributed by atoms with Gasteiger partial charge in [-0.15, -0.1) is 11.3 Å². The van der Waals surface area contributed by atoms with E-state index in [0.29, 0.717) is 11.5 Å². The predicted molar refractivity (Wildman–Crippen MR) is 85.1 cm³/mol. The lowest BCUT2D eigenvalue weighted by Gasteiger charge is -2.16. The maximum absolute atomic E-state index is 11.3. The molecule has 21 heavy (non-hydrogen) atoms. The molecule has 0 aliphatic rings. The normalized spacial score (nSPS) is 12.7. The van der Waals surface area contributed by atoms with E-state index in [1.54, 1.807) is 22.9 Å². The maximum atomic E-state index is 11.3. The van der Waals surface area contributed by atoms with Crippen molar-refractivity contribution >= 4 is 22.8 Å². The SMILES string of the molecule is Cc1ccc(C(C)Nc2c([N+](=O)[O-])c(C)nn2C(C)C)s1. The van der Waals surface area contributed by atoms with Gasteiger partial charge in [-0.25, -0.2) is 4.68 Å². The Bertz CT molecular complexity index is 660. The highest BCUT2D eigenvalue weighted by molar-refractivity contribution is 7.12. The quantitative estimate of drug-likeness (QED) is 0.663. The molecule has 0 aliphatic carbocycles. The number of nitro groups is 1. The van der Waals surface area contributed by atoms with Crippen molar-refractivity contribution < 1.29 is 4.92 Å². The monoisotopic (exact) mass is 308 g/mol. The largest absolute Gasteiger partial charge is 0.357 e. The maximum Gasteiger partial charge on any atom is 0.333 e. The molecule has 0 aromatic carbocycles. The molecule has 2 heterocycles. The van der Waals surface area contributed by atoms with Crippen LogP contribution in [0, 0.1) is 24.0 Å². The van der Waals surface area contributed by atoms with Gasteiger partial charge >= 0.3 is 5.69 Å². The molecule has 1 N–H and O–H groups in total. The van der Waals surface area contributed by atoms with Crippen LogP contribution in [-0.4, -0.2) is 14.7 Å². The number of nitrogens with zero attached hydrogens (tertiary/aromatic N) is 3. The second kappa shape index (κ2) is 5.85. The van der Waals surface area contributed by atoms with E-state index >= 15 is 0 Å². The van der Waals surface area contributed by atoms with E-state index in [2.05, 4.69) is 16.5 Å². The second-order valence-corrected chi connectivity index (χ2v) is 6.71. The van der Waals surface area contributed by atoms with Crippen molar-refractivity contribution in [3.63, 3.8) is 0 Å². The topological polar surface area (TPSA) is 73.0 Å². The van der Waals surface area contributed by atoms with Gasteiger partial charge in [0.1, 0.15) is 5.69 Å². The number of hydrogen-bond acceptors (Lipinski definition) is 5. The molecule has 0 saturated heterocycles. The van der Waals surface area contributed by atoms with Gasteiger partial charge < -0.3 is 5.32 Å². The molecule has 0 amide bonds. The Hall–Kier alpha value is -1.89. The number of hydrogen-bond donors (Lipinski definition) is 1. The van der Waals surface area contributed by atoms with E-state index in [9.17, 15) is 10.1 Å². The highest BCUT2D eigenvalue weighted by Gasteiger charge is 2.27. The lowest BCUT2D eigenvalue weighted by atomic mass is 10.2. The Morgan fingerprint density at radius 1 is 1.33 bits per heavy atom. The van der Waals surface area contributed by atoms with E-state index in [0.717, 1.165) is 4.88 Å². The Morgan fingerprint density at radius 2 is 2.00 bits per heavy atom. The minimum atomic E-state index is -0.365. The molecule has 0 fully saturated rings. The molecule has 0 radical (unpaired) electrons. The minimum Gasteiger partial charge on any atom is -0.357 e. The fraction of sp³-hybridized carbons (Fsp3) is 0.500. The molecular weight excluding hydrogens is 288 g/mol. The lowest BCUT2D eigenvalue weighted by Crippen LogP contribution is -2.13. The first-order valence-corrected chi connectivity index (χ1v) is 7.69. The van der Waals surface area contributed by atoms with Crippen LogP contribution in [0.2, 0.25) is 0 Å². The lowest BCUT2D eigenvalue weighted by molar-refractivity contribution is -0.384. The zero-order chi connectivity index (χ0) is 15.7. The number of rotatable bonds is 5. The van der Waals surface area contributed by atoms with Gasteiger partial charge in [0.05, 0.1) is 11.0 Å². The Labute approximate surface area is 127 Å². The summed E-state index contributed by atoms with van der Waals surface area (Å²) >= 11 is 1.69. The van der Waals surface area contributed by atoms with Gasteiger partial charge in [-0.3, -0.25) is 10.1 Å². The first-order valence-electron chi connectivity index (χ1n) is 6.87. The standard InChI is InChI=1S/C14H20N4O2S/c1-8(2)17-14(13(18(19)20)11(5)16-17)15-10(4)12-7-6-9(3)21-12/h6-8,10,15H,1-5H3. The van der Waals surface area contributed by atoms with Crippen LogP contribution in [-0.2, 0) is 0 Å². The zero-order valence-electron chi connectivity index (χ0n) is 12.9. The smallest absolute Gasteiger partial charge is 0.333 e. The van der Waals surface area contributed by atoms with Crippen molar-refractivity contribution in [3.8, 4) is 0 Å². The van der Waals surface area contributed by atoms with Crippen LogP contribution in [0.5, 0.6) is 0 Å². The summed E-state index contributed by atoms with van der Waals surface area (Å²) in [5.41, 5.74) is 0.495. The minimum absolute atomic E-state index is 0.00370. The van der Waals surface area contributed by atoms with Crippen LogP contribution >= 0.6 is 11.3 Å². The van der Waals surface area contributed by atoms with E-state index in [4.69, 9.17) is 0 Å². The van der Waals surface area contributed by atoms with Crippen molar-refractivity contribution in [1.82, 2.24) is 9.78 Å². The third-order valence-corrected chi connectivity index (χ3v) is 4.45. The van der Waals surface area contributed by atoms with Gasteiger partial charge in [0.2, 0.25) is 5.82 Å². The summed E-state index contributed by atoms with van der Waals surface area (Å²) in [6.45, 7) is 9.64. The molecule has 0 aliphatic heterocycles. The van der Waals surface area contributed by atoms with Crippen molar-refractivity contribution in [3.05, 3.63) is 37.7 Å². The molecule has 2 aromatic rings. The van der Waals surface area contributed by atoms with Gasteiger partial charge in [-0.05, 0) is 46.8 Å². The number of thiophene rings is 1. The summed E-state index contributed by atoms with van der Waals surface area (Å²) in [6, 6.07) is 4.15. The molecule has 1 atom stereocenters. The molecule has 0 spiro atoms. The molecule has 0 bridgehead atoms. The van der Waals surface area contributed by atoms with E-state index in [1.165, 1.54) is 4.88 Å². The van der Waals surface area contributed by atoms with Gasteiger partial charge in [0, 0.05) is 15.8 Å². The first kappa shape index (κ1) is 15.5. The van der Waals surface area contributed by atoms with Crippen LogP contribution in [0.1, 0.15) is 48.3 Å². The van der Waals surface area contributed by atoms with Crippen LogP contribution in [0.3, 0.4) is 0 Å². The Kier molecular flexibility index (Phi) is 4.32. The molecule has 2 aromatic heterocycles. The number of aryl methyl sites for hydroxylation is 2. The summed E-state index contributed by atoms with van der Waals surface area (Å²) in [7, 11) is 0.